The van der Waals surface area contributed by atoms with Gasteiger partial charge in [-0.25, -0.2) is 9.46 Å². The van der Waals surface area contributed by atoms with Gasteiger partial charge in [0.15, 0.2) is 6.23 Å². The minimum Gasteiger partial charge on any atom is -0.394 e. The van der Waals surface area contributed by atoms with E-state index in [1.807, 2.05) is 18.2 Å². The molecule has 0 bridgehead atoms. The topological polar surface area (TPSA) is 115 Å². The number of methoxy groups -OCH3 is 1. The summed E-state index contributed by atoms with van der Waals surface area (Å²) in [6.07, 6.45) is 0.509. The molecular formula is C23H30N3O7P. The second kappa shape index (κ2) is 9.28. The molecule has 5 rings (SSSR count). The summed E-state index contributed by atoms with van der Waals surface area (Å²) in [5, 5.41) is 10.1. The van der Waals surface area contributed by atoms with Gasteiger partial charge in [-0.05, 0) is 32.3 Å². The van der Waals surface area contributed by atoms with Gasteiger partial charge in [-0.3, -0.25) is 14.3 Å². The van der Waals surface area contributed by atoms with Crippen molar-refractivity contribution in [3.8, 4) is 0 Å². The van der Waals surface area contributed by atoms with Gasteiger partial charge in [-0.2, -0.15) is 0 Å². The Balaban J connectivity index is 1.44. The first kappa shape index (κ1) is 23.8. The van der Waals surface area contributed by atoms with Gasteiger partial charge in [0.2, 0.25) is 0 Å². The minimum absolute atomic E-state index is 0.178. The van der Waals surface area contributed by atoms with Crippen LogP contribution in [-0.2, 0) is 24.1 Å². The van der Waals surface area contributed by atoms with Crippen molar-refractivity contribution >= 4 is 8.53 Å². The zero-order valence-corrected chi connectivity index (χ0v) is 20.3. The molecule has 34 heavy (non-hydrogen) atoms. The monoisotopic (exact) mass is 491 g/mol. The normalized spacial score (nSPS) is 35.6. The number of ether oxygens (including phenoxy) is 2. The summed E-state index contributed by atoms with van der Waals surface area (Å²) in [4.78, 5) is 26.6. The minimum atomic E-state index is -1.46. The van der Waals surface area contributed by atoms with E-state index in [0.717, 1.165) is 24.9 Å². The van der Waals surface area contributed by atoms with Crippen LogP contribution in [0.5, 0.6) is 0 Å². The smallest absolute Gasteiger partial charge is 0.330 e. The number of hydrogen-bond acceptors (Lipinski definition) is 8. The first-order valence-electron chi connectivity index (χ1n) is 11.5. The van der Waals surface area contributed by atoms with Crippen molar-refractivity contribution in [3.05, 3.63) is 68.5 Å². The fourth-order valence-electron chi connectivity index (χ4n) is 5.21. The average molecular weight is 491 g/mol. The maximum absolute atomic E-state index is 12.5. The van der Waals surface area contributed by atoms with Crippen LogP contribution in [0.15, 0.2) is 46.1 Å². The molecule has 1 unspecified atom stereocenters. The zero-order valence-electron chi connectivity index (χ0n) is 19.4. The molecule has 3 aliphatic heterocycles. The number of hydrogen-bond donors (Lipinski definition) is 2. The highest BCUT2D eigenvalue weighted by Crippen LogP contribution is 2.64. The summed E-state index contributed by atoms with van der Waals surface area (Å²) in [6.45, 7) is 4.25. The van der Waals surface area contributed by atoms with Crippen molar-refractivity contribution in [2.24, 2.45) is 0 Å². The number of rotatable bonds is 6. The third-order valence-corrected chi connectivity index (χ3v) is 8.91. The predicted molar refractivity (Wildman–Crippen MR) is 124 cm³/mol. The number of fused-ring (bicyclic) bond motifs is 1. The lowest BCUT2D eigenvalue weighted by molar-refractivity contribution is -0.0626. The summed E-state index contributed by atoms with van der Waals surface area (Å²) in [5.41, 5.74) is -0.128. The lowest BCUT2D eigenvalue weighted by atomic mass is 9.87. The molecule has 7 atom stereocenters. The van der Waals surface area contributed by atoms with E-state index in [0.29, 0.717) is 5.56 Å². The molecule has 3 fully saturated rings. The van der Waals surface area contributed by atoms with E-state index < -0.39 is 49.9 Å². The standard InChI is InChI=1S/C23H30N3O7P/c1-14-12-25(22(29)24-20(14)28)21-19(30-3)18(16(13-27)31-21)32-34-26-11-7-10-17(26)23(2,33-34)15-8-5-4-6-9-15/h4-6,8-9,12,16-19,21,27H,7,10-11,13H2,1-3H3,(H,24,28,29)/t16-,17-,18?,19+,21-,23+,34-/m1/s1. The molecule has 3 saturated heterocycles. The molecule has 0 spiro atoms. The molecule has 4 heterocycles. The summed E-state index contributed by atoms with van der Waals surface area (Å²) in [6, 6.07) is 10.3. The van der Waals surface area contributed by atoms with Crippen LogP contribution in [0.2, 0.25) is 0 Å². The second-order valence-electron chi connectivity index (χ2n) is 9.12. The molecule has 1 aromatic carbocycles. The van der Waals surface area contributed by atoms with Crippen molar-refractivity contribution in [1.29, 1.82) is 0 Å². The van der Waals surface area contributed by atoms with Gasteiger partial charge in [-0.15, -0.1) is 0 Å². The number of nitrogens with zero attached hydrogens (tertiary/aromatic N) is 2. The van der Waals surface area contributed by atoms with Gasteiger partial charge in [0.1, 0.15) is 23.9 Å². The molecule has 3 aliphatic rings. The van der Waals surface area contributed by atoms with Crippen molar-refractivity contribution < 1.29 is 23.6 Å². The number of benzene rings is 1. The SMILES string of the molecule is CO[C@H]1C(O[P@]2O[C@@](C)(c3ccccc3)[C@H]3CCCN32)[C@@H](CO)O[C@H]1n1cc(C)c(=O)[nH]c1=O. The van der Waals surface area contributed by atoms with Crippen LogP contribution < -0.4 is 11.2 Å². The summed E-state index contributed by atoms with van der Waals surface area (Å²) in [5.74, 6) is 0. The number of aryl methyl sites for hydroxylation is 1. The van der Waals surface area contributed by atoms with Gasteiger partial charge in [-0.1, -0.05) is 30.3 Å². The molecule has 10 nitrogen and oxygen atoms in total. The summed E-state index contributed by atoms with van der Waals surface area (Å²) >= 11 is 0. The molecule has 1 aromatic heterocycles. The highest BCUT2D eigenvalue weighted by molar-refractivity contribution is 7.45. The molecular weight excluding hydrogens is 461 g/mol. The van der Waals surface area contributed by atoms with Crippen LogP contribution in [0.25, 0.3) is 0 Å². The van der Waals surface area contributed by atoms with E-state index in [4.69, 9.17) is 18.5 Å². The number of aliphatic hydroxyl groups excluding tert-OH is 1. The quantitative estimate of drug-likeness (QED) is 0.588. The Morgan fingerprint density at radius 1 is 1.26 bits per heavy atom. The highest BCUT2D eigenvalue weighted by Gasteiger charge is 2.57. The lowest BCUT2D eigenvalue weighted by Gasteiger charge is -2.29. The Labute approximate surface area is 198 Å². The van der Waals surface area contributed by atoms with Gasteiger partial charge < -0.3 is 23.6 Å². The van der Waals surface area contributed by atoms with E-state index in [-0.39, 0.29) is 12.6 Å². The summed E-state index contributed by atoms with van der Waals surface area (Å²) in [7, 11) is 0.0474. The van der Waals surface area contributed by atoms with Crippen molar-refractivity contribution in [3.63, 3.8) is 0 Å². The number of H-pyrrole nitrogens is 1. The van der Waals surface area contributed by atoms with E-state index >= 15 is 0 Å². The summed E-state index contributed by atoms with van der Waals surface area (Å²) < 4.78 is 28.4. The Morgan fingerprint density at radius 3 is 2.74 bits per heavy atom. The molecule has 0 amide bonds. The molecule has 184 valence electrons. The molecule has 0 saturated carbocycles. The maximum atomic E-state index is 12.5. The lowest BCUT2D eigenvalue weighted by Crippen LogP contribution is -2.40. The first-order valence-corrected chi connectivity index (χ1v) is 12.6. The first-order chi connectivity index (χ1) is 16.4. The molecule has 0 radical (unpaired) electrons. The maximum Gasteiger partial charge on any atom is 0.330 e. The second-order valence-corrected chi connectivity index (χ2v) is 10.5. The number of aliphatic hydroxyl groups is 1. The Hall–Kier alpha value is -1.91. The van der Waals surface area contributed by atoms with Gasteiger partial charge >= 0.3 is 5.69 Å². The highest BCUT2D eigenvalue weighted by atomic mass is 31.2. The largest absolute Gasteiger partial charge is 0.394 e. The number of aromatic nitrogens is 2. The van der Waals surface area contributed by atoms with Crippen LogP contribution in [0.4, 0.5) is 0 Å². The Morgan fingerprint density at radius 2 is 2.03 bits per heavy atom. The zero-order chi connectivity index (χ0) is 24.0. The van der Waals surface area contributed by atoms with Crippen molar-refractivity contribution in [2.45, 2.75) is 62.9 Å². The van der Waals surface area contributed by atoms with Crippen molar-refractivity contribution in [2.75, 3.05) is 20.3 Å². The third kappa shape index (κ3) is 3.87. The fourth-order valence-corrected chi connectivity index (χ4v) is 7.37. The molecule has 2 N–H and O–H groups in total. The molecule has 0 aliphatic carbocycles. The van der Waals surface area contributed by atoms with E-state index in [1.165, 1.54) is 17.9 Å². The van der Waals surface area contributed by atoms with Crippen LogP contribution in [0.3, 0.4) is 0 Å². The Bertz CT molecular complexity index is 1140. The molecule has 11 heteroatoms. The van der Waals surface area contributed by atoms with Gasteiger partial charge in [0.25, 0.3) is 14.1 Å². The van der Waals surface area contributed by atoms with Crippen LogP contribution in [0, 0.1) is 6.92 Å². The van der Waals surface area contributed by atoms with E-state index in [1.54, 1.807) is 6.92 Å². The van der Waals surface area contributed by atoms with Gasteiger partial charge in [0, 0.05) is 25.4 Å². The predicted octanol–water partition coefficient (Wildman–Crippen LogP) is 1.77. The van der Waals surface area contributed by atoms with Crippen LogP contribution in [-0.4, -0.2) is 63.9 Å². The van der Waals surface area contributed by atoms with E-state index in [2.05, 4.69) is 28.7 Å². The fraction of sp³-hybridized carbons (Fsp3) is 0.565. The van der Waals surface area contributed by atoms with E-state index in [9.17, 15) is 14.7 Å². The Kier molecular flexibility index (Phi) is 6.50. The van der Waals surface area contributed by atoms with Gasteiger partial charge in [0.05, 0.1) is 12.6 Å². The molecule has 2 aromatic rings. The number of aromatic amines is 1. The van der Waals surface area contributed by atoms with Crippen LogP contribution >= 0.6 is 8.53 Å². The van der Waals surface area contributed by atoms with Crippen molar-refractivity contribution in [1.82, 2.24) is 14.2 Å². The average Bonchev–Trinajstić information content (AvgIpc) is 3.52. The number of nitrogens with one attached hydrogen (secondary N) is 1. The van der Waals surface area contributed by atoms with Crippen LogP contribution in [0.1, 0.15) is 37.1 Å². The third-order valence-electron chi connectivity index (χ3n) is 7.05.